The van der Waals surface area contributed by atoms with Gasteiger partial charge in [-0.05, 0) is 46.5 Å². The van der Waals surface area contributed by atoms with Crippen LogP contribution in [-0.4, -0.2) is 17.9 Å². The highest BCUT2D eigenvalue weighted by atomic mass is 16.5. The molecule has 5 nitrogen and oxygen atoms in total. The van der Waals surface area contributed by atoms with E-state index in [2.05, 4.69) is 5.32 Å². The van der Waals surface area contributed by atoms with E-state index >= 15 is 0 Å². The van der Waals surface area contributed by atoms with Crippen LogP contribution in [0.1, 0.15) is 21.5 Å². The zero-order valence-electron chi connectivity index (χ0n) is 18.7. The lowest BCUT2D eigenvalue weighted by Gasteiger charge is -2.16. The SMILES string of the molecule is NC(=O)[C@H](Cc1ccc(OCc2ccccc2)cc1)NC(=O)c1ccc(-c2ccccc2)cc1. The molecule has 0 bridgehead atoms. The van der Waals surface area contributed by atoms with Crippen LogP contribution in [0.4, 0.5) is 0 Å². The molecule has 3 N–H and O–H groups in total. The third-order valence-electron chi connectivity index (χ3n) is 5.51. The summed E-state index contributed by atoms with van der Waals surface area (Å²) in [6, 6.07) is 33.7. The molecular formula is C29H26N2O3. The molecule has 4 rings (SSSR count). The molecule has 4 aromatic rings. The summed E-state index contributed by atoms with van der Waals surface area (Å²) < 4.78 is 5.80. The molecule has 0 radical (unpaired) electrons. The number of carbonyl (C=O) groups excluding carboxylic acids is 2. The molecule has 170 valence electrons. The summed E-state index contributed by atoms with van der Waals surface area (Å²) in [4.78, 5) is 24.8. The van der Waals surface area contributed by atoms with Crippen LogP contribution in [0.25, 0.3) is 11.1 Å². The summed E-state index contributed by atoms with van der Waals surface area (Å²) in [6.45, 7) is 0.475. The largest absolute Gasteiger partial charge is 0.489 e. The highest BCUT2D eigenvalue weighted by molar-refractivity contribution is 5.97. The molecular weight excluding hydrogens is 424 g/mol. The Bertz CT molecular complexity index is 1220. The monoisotopic (exact) mass is 450 g/mol. The van der Waals surface area contributed by atoms with Crippen molar-refractivity contribution in [3.05, 3.63) is 126 Å². The summed E-state index contributed by atoms with van der Waals surface area (Å²) in [5.74, 6) is -0.198. The van der Waals surface area contributed by atoms with Gasteiger partial charge < -0.3 is 15.8 Å². The molecule has 0 spiro atoms. The van der Waals surface area contributed by atoms with Gasteiger partial charge in [-0.25, -0.2) is 0 Å². The number of hydrogen-bond donors (Lipinski definition) is 2. The van der Waals surface area contributed by atoms with Gasteiger partial charge in [-0.1, -0.05) is 84.9 Å². The maximum absolute atomic E-state index is 12.7. The van der Waals surface area contributed by atoms with E-state index in [9.17, 15) is 9.59 Å². The number of benzene rings is 4. The molecule has 0 aliphatic rings. The van der Waals surface area contributed by atoms with Crippen molar-refractivity contribution in [1.82, 2.24) is 5.32 Å². The van der Waals surface area contributed by atoms with Gasteiger partial charge in [0.25, 0.3) is 5.91 Å². The Balaban J connectivity index is 1.35. The van der Waals surface area contributed by atoms with Crippen molar-refractivity contribution in [2.45, 2.75) is 19.1 Å². The van der Waals surface area contributed by atoms with Gasteiger partial charge in [0.05, 0.1) is 0 Å². The number of primary amides is 1. The molecule has 1 atom stereocenters. The summed E-state index contributed by atoms with van der Waals surface area (Å²) >= 11 is 0. The summed E-state index contributed by atoms with van der Waals surface area (Å²) in [6.07, 6.45) is 0.294. The van der Waals surface area contributed by atoms with Crippen molar-refractivity contribution in [1.29, 1.82) is 0 Å². The summed E-state index contributed by atoms with van der Waals surface area (Å²) in [7, 11) is 0. The van der Waals surface area contributed by atoms with Crippen molar-refractivity contribution in [3.8, 4) is 16.9 Å². The Morgan fingerprint density at radius 1 is 0.706 bits per heavy atom. The summed E-state index contributed by atoms with van der Waals surface area (Å²) in [5.41, 5.74) is 10.1. The first-order chi connectivity index (χ1) is 16.6. The molecule has 0 saturated heterocycles. The Hall–Kier alpha value is -4.38. The molecule has 4 aromatic carbocycles. The average molecular weight is 451 g/mol. The second kappa shape index (κ2) is 11.0. The maximum Gasteiger partial charge on any atom is 0.251 e. The van der Waals surface area contributed by atoms with E-state index in [0.29, 0.717) is 18.6 Å². The van der Waals surface area contributed by atoms with Crippen molar-refractivity contribution in [2.75, 3.05) is 0 Å². The molecule has 0 aliphatic heterocycles. The fourth-order valence-electron chi connectivity index (χ4n) is 3.61. The highest BCUT2D eigenvalue weighted by Crippen LogP contribution is 2.19. The van der Waals surface area contributed by atoms with Crippen LogP contribution in [0.3, 0.4) is 0 Å². The Morgan fingerprint density at radius 3 is 1.91 bits per heavy atom. The second-order valence-corrected chi connectivity index (χ2v) is 7.99. The number of hydrogen-bond acceptors (Lipinski definition) is 3. The van der Waals surface area contributed by atoms with E-state index < -0.39 is 11.9 Å². The van der Waals surface area contributed by atoms with Crippen LogP contribution in [-0.2, 0) is 17.8 Å². The van der Waals surface area contributed by atoms with Gasteiger partial charge in [-0.3, -0.25) is 9.59 Å². The van der Waals surface area contributed by atoms with Crippen molar-refractivity contribution >= 4 is 11.8 Å². The summed E-state index contributed by atoms with van der Waals surface area (Å²) in [5, 5.41) is 2.76. The lowest BCUT2D eigenvalue weighted by atomic mass is 10.0. The number of amides is 2. The Labute approximate surface area is 199 Å². The van der Waals surface area contributed by atoms with Crippen LogP contribution in [0, 0.1) is 0 Å². The van der Waals surface area contributed by atoms with Crippen LogP contribution in [0.15, 0.2) is 109 Å². The fourth-order valence-corrected chi connectivity index (χ4v) is 3.61. The van der Waals surface area contributed by atoms with Gasteiger partial charge in [-0.15, -0.1) is 0 Å². The number of nitrogens with two attached hydrogens (primary N) is 1. The zero-order chi connectivity index (χ0) is 23.8. The van der Waals surface area contributed by atoms with Gasteiger partial charge in [0.2, 0.25) is 5.91 Å². The standard InChI is InChI=1S/C29H26N2O3/c30-28(32)27(19-21-11-17-26(18-12-21)34-20-22-7-3-1-4-8-22)31-29(33)25-15-13-24(14-16-25)23-9-5-2-6-10-23/h1-18,27H,19-20H2,(H2,30,32)(H,31,33)/t27-/m0/s1. The molecule has 5 heteroatoms. The smallest absolute Gasteiger partial charge is 0.251 e. The lowest BCUT2D eigenvalue weighted by molar-refractivity contribution is -0.119. The van der Waals surface area contributed by atoms with E-state index in [4.69, 9.17) is 10.5 Å². The van der Waals surface area contributed by atoms with Gasteiger partial charge in [0, 0.05) is 12.0 Å². The van der Waals surface area contributed by atoms with E-state index in [1.165, 1.54) is 0 Å². The van der Waals surface area contributed by atoms with E-state index in [0.717, 1.165) is 28.0 Å². The number of ether oxygens (including phenoxy) is 1. The molecule has 0 fully saturated rings. The molecule has 0 saturated carbocycles. The van der Waals surface area contributed by atoms with E-state index in [1.54, 1.807) is 12.1 Å². The first-order valence-corrected chi connectivity index (χ1v) is 11.1. The molecule has 2 amide bonds. The number of carbonyl (C=O) groups is 2. The minimum absolute atomic E-state index is 0.294. The maximum atomic E-state index is 12.7. The predicted molar refractivity (Wildman–Crippen MR) is 133 cm³/mol. The molecule has 0 heterocycles. The Morgan fingerprint density at radius 2 is 1.29 bits per heavy atom. The Kier molecular flexibility index (Phi) is 7.35. The fraction of sp³-hybridized carbons (Fsp3) is 0.103. The first kappa shape index (κ1) is 22.8. The minimum Gasteiger partial charge on any atom is -0.489 e. The molecule has 0 aromatic heterocycles. The highest BCUT2D eigenvalue weighted by Gasteiger charge is 2.19. The van der Waals surface area contributed by atoms with Gasteiger partial charge in [-0.2, -0.15) is 0 Å². The van der Waals surface area contributed by atoms with Gasteiger partial charge in [0.15, 0.2) is 0 Å². The van der Waals surface area contributed by atoms with Crippen molar-refractivity contribution < 1.29 is 14.3 Å². The topological polar surface area (TPSA) is 81.4 Å². The third kappa shape index (κ3) is 6.11. The quantitative estimate of drug-likeness (QED) is 0.386. The van der Waals surface area contributed by atoms with Crippen LogP contribution in [0.2, 0.25) is 0 Å². The average Bonchev–Trinajstić information content (AvgIpc) is 2.89. The molecule has 34 heavy (non-hydrogen) atoms. The molecule has 0 unspecified atom stereocenters. The first-order valence-electron chi connectivity index (χ1n) is 11.1. The minimum atomic E-state index is -0.822. The number of nitrogens with one attached hydrogen (secondary N) is 1. The van der Waals surface area contributed by atoms with Crippen LogP contribution < -0.4 is 15.8 Å². The van der Waals surface area contributed by atoms with Crippen LogP contribution >= 0.6 is 0 Å². The zero-order valence-corrected chi connectivity index (χ0v) is 18.7. The predicted octanol–water partition coefficient (Wildman–Crippen LogP) is 4.76. The lowest BCUT2D eigenvalue weighted by Crippen LogP contribution is -2.45. The third-order valence-corrected chi connectivity index (χ3v) is 5.51. The number of rotatable bonds is 9. The van der Waals surface area contributed by atoms with Crippen molar-refractivity contribution in [3.63, 3.8) is 0 Å². The normalized spacial score (nSPS) is 11.4. The van der Waals surface area contributed by atoms with E-state index in [-0.39, 0.29) is 5.91 Å². The van der Waals surface area contributed by atoms with Gasteiger partial charge in [0.1, 0.15) is 18.4 Å². The van der Waals surface area contributed by atoms with E-state index in [1.807, 2.05) is 97.1 Å². The second-order valence-electron chi connectivity index (χ2n) is 7.99. The van der Waals surface area contributed by atoms with Crippen molar-refractivity contribution in [2.24, 2.45) is 5.73 Å². The van der Waals surface area contributed by atoms with Crippen LogP contribution in [0.5, 0.6) is 5.75 Å². The van der Waals surface area contributed by atoms with Gasteiger partial charge >= 0.3 is 0 Å². The molecule has 0 aliphatic carbocycles.